The molecule has 1 aromatic heterocycles. The zero-order chi connectivity index (χ0) is 28.6. The number of thiazole rings is 1. The Morgan fingerprint density at radius 2 is 1.41 bits per heavy atom. The monoisotopic (exact) mass is 602 g/mol. The van der Waals surface area contributed by atoms with Crippen LogP contribution >= 0.6 is 34.9 Å². The molecule has 0 saturated carbocycles. The van der Waals surface area contributed by atoms with E-state index in [0.29, 0.717) is 17.1 Å². The van der Waals surface area contributed by atoms with Crippen molar-refractivity contribution in [1.82, 2.24) is 4.98 Å². The van der Waals surface area contributed by atoms with Gasteiger partial charge in [-0.05, 0) is 53.2 Å². The van der Waals surface area contributed by atoms with Gasteiger partial charge in [-0.15, -0.1) is 23.1 Å². The van der Waals surface area contributed by atoms with Gasteiger partial charge in [0.2, 0.25) is 17.7 Å². The van der Waals surface area contributed by atoms with Gasteiger partial charge in [-0.2, -0.15) is 0 Å². The second-order valence-electron chi connectivity index (χ2n) is 8.85. The highest BCUT2D eigenvalue weighted by atomic mass is 32.2. The number of nitrogens with zero attached hydrogens (tertiary/aromatic N) is 1. The molecule has 4 aromatic carbocycles. The molecule has 0 aliphatic rings. The summed E-state index contributed by atoms with van der Waals surface area (Å²) in [4.78, 5) is 41.8. The molecule has 3 N–H and O–H groups in total. The highest BCUT2D eigenvalue weighted by Gasteiger charge is 2.12. The van der Waals surface area contributed by atoms with Crippen LogP contribution in [0.1, 0.15) is 0 Å². The van der Waals surface area contributed by atoms with E-state index in [1.54, 1.807) is 25.3 Å². The molecule has 0 bridgehead atoms. The molecule has 41 heavy (non-hydrogen) atoms. The van der Waals surface area contributed by atoms with E-state index in [2.05, 4.69) is 20.9 Å². The van der Waals surface area contributed by atoms with Crippen molar-refractivity contribution in [2.45, 2.75) is 4.34 Å². The lowest BCUT2D eigenvalue weighted by atomic mass is 10.1. The molecule has 0 fully saturated rings. The number of thioether (sulfide) groups is 2. The third-order valence-corrected chi connectivity index (χ3v) is 8.95. The minimum Gasteiger partial charge on any atom is -0.495 e. The van der Waals surface area contributed by atoms with Crippen LogP contribution in [-0.2, 0) is 14.4 Å². The Morgan fingerprint density at radius 1 is 0.756 bits per heavy atom. The number of hydrogen-bond donors (Lipinski definition) is 3. The Morgan fingerprint density at radius 3 is 2.20 bits per heavy atom. The van der Waals surface area contributed by atoms with Crippen LogP contribution in [0, 0.1) is 0 Å². The Kier molecular flexibility index (Phi) is 9.40. The number of hydrogen-bond acceptors (Lipinski definition) is 8. The van der Waals surface area contributed by atoms with Crippen LogP contribution in [0.25, 0.3) is 21.0 Å². The molecule has 208 valence electrons. The van der Waals surface area contributed by atoms with E-state index in [4.69, 9.17) is 4.74 Å². The van der Waals surface area contributed by atoms with Gasteiger partial charge in [0.15, 0.2) is 4.34 Å². The fraction of sp³-hybridized carbons (Fsp3) is 0.133. The largest absolute Gasteiger partial charge is 0.495 e. The SMILES string of the molecule is COc1ccccc1NC(=O)CSc1nc2ccc(NC(=O)CSCC(=O)Nc3ccc4ccccc4c3)cc2s1. The number of benzene rings is 4. The van der Waals surface area contributed by atoms with Gasteiger partial charge in [0.05, 0.1) is 40.3 Å². The van der Waals surface area contributed by atoms with Gasteiger partial charge < -0.3 is 20.7 Å². The van der Waals surface area contributed by atoms with Crippen LogP contribution in [-0.4, -0.2) is 47.1 Å². The van der Waals surface area contributed by atoms with E-state index in [1.165, 1.54) is 34.9 Å². The number of rotatable bonds is 11. The molecule has 0 unspecified atom stereocenters. The Hall–Kier alpha value is -4.06. The van der Waals surface area contributed by atoms with E-state index >= 15 is 0 Å². The summed E-state index contributed by atoms with van der Waals surface area (Å²) in [7, 11) is 1.56. The number of ether oxygens (including phenoxy) is 1. The average molecular weight is 603 g/mol. The molecule has 0 saturated heterocycles. The normalized spacial score (nSPS) is 10.9. The molecular formula is C30H26N4O4S3. The van der Waals surface area contributed by atoms with Crippen LogP contribution in [0.2, 0.25) is 0 Å². The summed E-state index contributed by atoms with van der Waals surface area (Å²) in [5.74, 6) is 0.602. The van der Waals surface area contributed by atoms with Crippen molar-refractivity contribution in [2.75, 3.05) is 40.3 Å². The molecule has 8 nitrogen and oxygen atoms in total. The fourth-order valence-electron chi connectivity index (χ4n) is 4.00. The van der Waals surface area contributed by atoms with Crippen molar-refractivity contribution < 1.29 is 19.1 Å². The zero-order valence-electron chi connectivity index (χ0n) is 22.0. The predicted octanol–water partition coefficient (Wildman–Crippen LogP) is 6.50. The summed E-state index contributed by atoms with van der Waals surface area (Å²) in [5.41, 5.74) is 2.79. The van der Waals surface area contributed by atoms with Gasteiger partial charge in [0, 0.05) is 11.4 Å². The number of fused-ring (bicyclic) bond motifs is 2. The lowest BCUT2D eigenvalue weighted by molar-refractivity contribution is -0.114. The van der Waals surface area contributed by atoms with Crippen molar-refractivity contribution in [2.24, 2.45) is 0 Å². The first-order valence-electron chi connectivity index (χ1n) is 12.6. The quantitative estimate of drug-likeness (QED) is 0.148. The molecule has 0 atom stereocenters. The molecule has 1 heterocycles. The van der Waals surface area contributed by atoms with Gasteiger partial charge in [-0.1, -0.05) is 54.2 Å². The third kappa shape index (κ3) is 7.78. The number of carbonyl (C=O) groups excluding carboxylic acids is 3. The maximum atomic E-state index is 12.5. The van der Waals surface area contributed by atoms with Crippen molar-refractivity contribution in [3.05, 3.63) is 84.9 Å². The first kappa shape index (κ1) is 28.5. The molecular weight excluding hydrogens is 577 g/mol. The molecule has 0 aliphatic heterocycles. The summed E-state index contributed by atoms with van der Waals surface area (Å²) in [5, 5.41) is 10.8. The maximum absolute atomic E-state index is 12.5. The number of carbonyl (C=O) groups is 3. The first-order valence-corrected chi connectivity index (χ1v) is 15.5. The van der Waals surface area contributed by atoms with Gasteiger partial charge in [0.1, 0.15) is 5.75 Å². The molecule has 0 aliphatic carbocycles. The summed E-state index contributed by atoms with van der Waals surface area (Å²) in [6, 6.07) is 26.5. The van der Waals surface area contributed by atoms with Crippen molar-refractivity contribution in [3.8, 4) is 5.75 Å². The van der Waals surface area contributed by atoms with Crippen LogP contribution in [0.15, 0.2) is 89.3 Å². The number of methoxy groups -OCH3 is 1. The smallest absolute Gasteiger partial charge is 0.234 e. The lowest BCUT2D eigenvalue weighted by Gasteiger charge is -2.09. The number of anilines is 3. The number of amides is 3. The molecule has 0 spiro atoms. The molecule has 11 heteroatoms. The highest BCUT2D eigenvalue weighted by Crippen LogP contribution is 2.32. The average Bonchev–Trinajstić information content (AvgIpc) is 3.38. The van der Waals surface area contributed by atoms with E-state index in [-0.39, 0.29) is 35.0 Å². The Bertz CT molecular complexity index is 1720. The van der Waals surface area contributed by atoms with Crippen LogP contribution in [0.4, 0.5) is 17.1 Å². The van der Waals surface area contributed by atoms with Gasteiger partial charge in [0.25, 0.3) is 0 Å². The first-order chi connectivity index (χ1) is 20.0. The van der Waals surface area contributed by atoms with Crippen LogP contribution < -0.4 is 20.7 Å². The fourth-order valence-corrected chi connectivity index (χ4v) is 6.53. The molecule has 5 rings (SSSR count). The van der Waals surface area contributed by atoms with Crippen LogP contribution in [0.5, 0.6) is 5.75 Å². The molecule has 5 aromatic rings. The van der Waals surface area contributed by atoms with Gasteiger partial charge >= 0.3 is 0 Å². The van der Waals surface area contributed by atoms with E-state index in [1.807, 2.05) is 66.7 Å². The highest BCUT2D eigenvalue weighted by molar-refractivity contribution is 8.01. The Balaban J connectivity index is 1.07. The summed E-state index contributed by atoms with van der Waals surface area (Å²) in [6.45, 7) is 0. The van der Waals surface area contributed by atoms with Crippen molar-refractivity contribution in [3.63, 3.8) is 0 Å². The van der Waals surface area contributed by atoms with E-state index < -0.39 is 0 Å². The van der Waals surface area contributed by atoms with E-state index in [9.17, 15) is 14.4 Å². The van der Waals surface area contributed by atoms with Gasteiger partial charge in [-0.3, -0.25) is 14.4 Å². The van der Waals surface area contributed by atoms with Crippen LogP contribution in [0.3, 0.4) is 0 Å². The number of nitrogens with one attached hydrogen (secondary N) is 3. The standard InChI is InChI=1S/C30H26N4O4S3/c1-38-25-9-5-4-8-23(25)33-29(37)18-40-30-34-24-13-12-22(15-26(24)41-30)32-28(36)17-39-16-27(35)31-21-11-10-19-6-2-3-7-20(19)14-21/h2-15H,16-18H2,1H3,(H,31,35)(H,32,36)(H,33,37). The summed E-state index contributed by atoms with van der Waals surface area (Å²) < 4.78 is 6.93. The summed E-state index contributed by atoms with van der Waals surface area (Å²) >= 11 is 4.05. The number of para-hydroxylation sites is 2. The molecule has 3 amide bonds. The Labute approximate surface area is 249 Å². The topological polar surface area (TPSA) is 109 Å². The lowest BCUT2D eigenvalue weighted by Crippen LogP contribution is -2.18. The second kappa shape index (κ2) is 13.5. The zero-order valence-corrected chi connectivity index (χ0v) is 24.5. The minimum atomic E-state index is -0.194. The van der Waals surface area contributed by atoms with Gasteiger partial charge in [-0.25, -0.2) is 4.98 Å². The number of aromatic nitrogens is 1. The maximum Gasteiger partial charge on any atom is 0.234 e. The predicted molar refractivity (Wildman–Crippen MR) is 171 cm³/mol. The minimum absolute atomic E-state index is 0.147. The van der Waals surface area contributed by atoms with E-state index in [0.717, 1.165) is 31.0 Å². The van der Waals surface area contributed by atoms with Crippen molar-refractivity contribution >= 4 is 90.6 Å². The second-order valence-corrected chi connectivity index (χ2v) is 12.1. The third-order valence-electron chi connectivity index (χ3n) is 5.86. The molecule has 0 radical (unpaired) electrons. The summed E-state index contributed by atoms with van der Waals surface area (Å²) in [6.07, 6.45) is 0. The van der Waals surface area contributed by atoms with Crippen molar-refractivity contribution in [1.29, 1.82) is 0 Å².